The van der Waals surface area contributed by atoms with Crippen molar-refractivity contribution in [2.75, 3.05) is 19.6 Å². The Balaban J connectivity index is 1.67. The van der Waals surface area contributed by atoms with Crippen molar-refractivity contribution in [2.24, 2.45) is 0 Å². The smallest absolute Gasteiger partial charge is 0.339 e. The molecule has 1 aromatic heterocycles. The first-order valence-electron chi connectivity index (χ1n) is 8.55. The fourth-order valence-electron chi connectivity index (χ4n) is 3.76. The lowest BCUT2D eigenvalue weighted by Gasteiger charge is -2.37. The van der Waals surface area contributed by atoms with Crippen LogP contribution in [-0.4, -0.2) is 51.6 Å². The van der Waals surface area contributed by atoms with Crippen LogP contribution in [0.2, 0.25) is 0 Å². The quantitative estimate of drug-likeness (QED) is 0.917. The van der Waals surface area contributed by atoms with Crippen molar-refractivity contribution in [1.29, 1.82) is 0 Å². The van der Waals surface area contributed by atoms with Gasteiger partial charge >= 0.3 is 6.18 Å². The lowest BCUT2D eigenvalue weighted by Crippen LogP contribution is -2.48. The second-order valence-electron chi connectivity index (χ2n) is 6.63. The van der Waals surface area contributed by atoms with Crippen LogP contribution in [0.1, 0.15) is 49.6 Å². The SMILES string of the molecule is CCC1CCCCN1C(=O)CN1CCc2[nH]nc(C(F)(F)F)c2C1. The van der Waals surface area contributed by atoms with Gasteiger partial charge in [0.25, 0.3) is 0 Å². The number of carbonyl (C=O) groups excluding carboxylic acids is 1. The summed E-state index contributed by atoms with van der Waals surface area (Å²) in [6.07, 6.45) is 0.0913. The monoisotopic (exact) mass is 344 g/mol. The van der Waals surface area contributed by atoms with Crippen LogP contribution in [0.25, 0.3) is 0 Å². The van der Waals surface area contributed by atoms with E-state index in [0.29, 0.717) is 18.7 Å². The summed E-state index contributed by atoms with van der Waals surface area (Å²) in [6, 6.07) is 0.270. The summed E-state index contributed by atoms with van der Waals surface area (Å²) in [6.45, 7) is 3.71. The Bertz CT molecular complexity index is 599. The molecule has 1 aromatic rings. The summed E-state index contributed by atoms with van der Waals surface area (Å²) >= 11 is 0. The van der Waals surface area contributed by atoms with Gasteiger partial charge in [0.15, 0.2) is 5.69 Å². The molecule has 1 unspecified atom stereocenters. The molecule has 0 bridgehead atoms. The number of H-pyrrole nitrogens is 1. The van der Waals surface area contributed by atoms with E-state index in [1.807, 2.05) is 4.90 Å². The number of likely N-dealkylation sites (tertiary alicyclic amines) is 1. The highest BCUT2D eigenvalue weighted by molar-refractivity contribution is 5.78. The number of fused-ring (bicyclic) bond motifs is 1. The maximum absolute atomic E-state index is 13.0. The highest BCUT2D eigenvalue weighted by Gasteiger charge is 2.39. The van der Waals surface area contributed by atoms with Gasteiger partial charge in [0.1, 0.15) is 0 Å². The molecule has 5 nitrogen and oxygen atoms in total. The van der Waals surface area contributed by atoms with Crippen molar-refractivity contribution in [3.63, 3.8) is 0 Å². The first-order valence-corrected chi connectivity index (χ1v) is 8.55. The molecule has 0 saturated carbocycles. The third kappa shape index (κ3) is 3.43. The van der Waals surface area contributed by atoms with E-state index in [2.05, 4.69) is 17.1 Å². The van der Waals surface area contributed by atoms with Gasteiger partial charge < -0.3 is 4.90 Å². The summed E-state index contributed by atoms with van der Waals surface area (Å²) < 4.78 is 39.0. The molecule has 0 radical (unpaired) electrons. The van der Waals surface area contributed by atoms with E-state index in [0.717, 1.165) is 32.2 Å². The Hall–Kier alpha value is -1.57. The van der Waals surface area contributed by atoms with Crippen LogP contribution in [0.15, 0.2) is 0 Å². The molecule has 0 aliphatic carbocycles. The number of nitrogens with one attached hydrogen (secondary N) is 1. The highest BCUT2D eigenvalue weighted by atomic mass is 19.4. The zero-order chi connectivity index (χ0) is 17.3. The minimum absolute atomic E-state index is 0.0297. The minimum Gasteiger partial charge on any atom is -0.339 e. The van der Waals surface area contributed by atoms with Gasteiger partial charge in [-0.05, 0) is 25.7 Å². The van der Waals surface area contributed by atoms with Gasteiger partial charge in [-0.2, -0.15) is 18.3 Å². The topological polar surface area (TPSA) is 52.2 Å². The largest absolute Gasteiger partial charge is 0.435 e. The summed E-state index contributed by atoms with van der Waals surface area (Å²) in [5.41, 5.74) is -0.123. The lowest BCUT2D eigenvalue weighted by atomic mass is 9.99. The third-order valence-corrected chi connectivity index (χ3v) is 5.06. The average molecular weight is 344 g/mol. The summed E-state index contributed by atoms with van der Waals surface area (Å²) in [4.78, 5) is 16.3. The van der Waals surface area contributed by atoms with Crippen molar-refractivity contribution in [3.05, 3.63) is 17.0 Å². The summed E-state index contributed by atoms with van der Waals surface area (Å²) in [5, 5.41) is 5.92. The van der Waals surface area contributed by atoms with Crippen LogP contribution >= 0.6 is 0 Å². The van der Waals surface area contributed by atoms with Gasteiger partial charge in [-0.15, -0.1) is 0 Å². The lowest BCUT2D eigenvalue weighted by molar-refractivity contribution is -0.142. The Morgan fingerprint density at radius 3 is 2.83 bits per heavy atom. The van der Waals surface area contributed by atoms with Gasteiger partial charge in [0.05, 0.1) is 6.54 Å². The van der Waals surface area contributed by atoms with E-state index in [1.54, 1.807) is 4.90 Å². The predicted molar refractivity (Wildman–Crippen MR) is 82.2 cm³/mol. The number of carbonyl (C=O) groups is 1. The number of hydrogen-bond donors (Lipinski definition) is 1. The molecule has 2 aliphatic heterocycles. The average Bonchev–Trinajstić information content (AvgIpc) is 2.98. The molecule has 0 spiro atoms. The van der Waals surface area contributed by atoms with Crippen molar-refractivity contribution in [2.45, 2.75) is 57.8 Å². The molecule has 1 fully saturated rings. The van der Waals surface area contributed by atoms with Crippen LogP contribution in [-0.2, 0) is 23.9 Å². The summed E-state index contributed by atoms with van der Waals surface area (Å²) in [5.74, 6) is 0.0297. The van der Waals surface area contributed by atoms with Crippen LogP contribution in [0.5, 0.6) is 0 Å². The van der Waals surface area contributed by atoms with E-state index in [1.165, 1.54) is 0 Å². The third-order valence-electron chi connectivity index (χ3n) is 5.06. The van der Waals surface area contributed by atoms with Gasteiger partial charge in [0, 0.05) is 43.4 Å². The molecule has 1 N–H and O–H groups in total. The molecule has 3 rings (SSSR count). The molecular weight excluding hydrogens is 321 g/mol. The fourth-order valence-corrected chi connectivity index (χ4v) is 3.76. The van der Waals surface area contributed by atoms with Crippen LogP contribution in [0, 0.1) is 0 Å². The van der Waals surface area contributed by atoms with Gasteiger partial charge in [-0.1, -0.05) is 6.92 Å². The van der Waals surface area contributed by atoms with E-state index >= 15 is 0 Å². The number of piperidine rings is 1. The zero-order valence-corrected chi connectivity index (χ0v) is 13.8. The number of rotatable bonds is 3. The van der Waals surface area contributed by atoms with E-state index in [9.17, 15) is 18.0 Å². The molecule has 134 valence electrons. The van der Waals surface area contributed by atoms with Crippen molar-refractivity contribution in [1.82, 2.24) is 20.0 Å². The van der Waals surface area contributed by atoms with E-state index in [4.69, 9.17) is 0 Å². The molecule has 2 aliphatic rings. The number of aromatic amines is 1. The van der Waals surface area contributed by atoms with E-state index in [-0.39, 0.29) is 30.6 Å². The Morgan fingerprint density at radius 2 is 2.12 bits per heavy atom. The second kappa shape index (κ2) is 6.74. The van der Waals surface area contributed by atoms with Crippen LogP contribution < -0.4 is 0 Å². The molecule has 8 heteroatoms. The van der Waals surface area contributed by atoms with Crippen molar-refractivity contribution < 1.29 is 18.0 Å². The molecule has 0 aromatic carbocycles. The Morgan fingerprint density at radius 1 is 1.33 bits per heavy atom. The number of hydrogen-bond acceptors (Lipinski definition) is 3. The maximum Gasteiger partial charge on any atom is 0.435 e. The number of aromatic nitrogens is 2. The zero-order valence-electron chi connectivity index (χ0n) is 13.8. The van der Waals surface area contributed by atoms with Crippen molar-refractivity contribution >= 4 is 5.91 Å². The Labute approximate surface area is 139 Å². The molecule has 1 amide bonds. The molecule has 1 saturated heterocycles. The standard InChI is InChI=1S/C16H23F3N4O/c1-2-11-5-3-4-7-23(11)14(24)10-22-8-6-13-12(9-22)15(21-20-13)16(17,18)19/h11H,2-10H2,1H3,(H,20,21). The highest BCUT2D eigenvalue weighted by Crippen LogP contribution is 2.34. The first kappa shape index (κ1) is 17.3. The molecule has 3 heterocycles. The van der Waals surface area contributed by atoms with Gasteiger partial charge in [0.2, 0.25) is 5.91 Å². The summed E-state index contributed by atoms with van der Waals surface area (Å²) in [7, 11) is 0. The normalized spacial score (nSPS) is 22.5. The van der Waals surface area contributed by atoms with Crippen LogP contribution in [0.4, 0.5) is 13.2 Å². The molecular formula is C16H23F3N4O. The minimum atomic E-state index is -4.46. The molecule has 24 heavy (non-hydrogen) atoms. The van der Waals surface area contributed by atoms with Gasteiger partial charge in [-0.3, -0.25) is 14.8 Å². The number of halogens is 3. The second-order valence-corrected chi connectivity index (χ2v) is 6.63. The first-order chi connectivity index (χ1) is 11.4. The van der Waals surface area contributed by atoms with Gasteiger partial charge in [-0.25, -0.2) is 0 Å². The maximum atomic E-state index is 13.0. The number of nitrogens with zero attached hydrogens (tertiary/aromatic N) is 3. The predicted octanol–water partition coefficient (Wildman–Crippen LogP) is 2.58. The number of alkyl halides is 3. The van der Waals surface area contributed by atoms with Crippen LogP contribution in [0.3, 0.4) is 0 Å². The van der Waals surface area contributed by atoms with E-state index < -0.39 is 11.9 Å². The number of amides is 1. The fraction of sp³-hybridized carbons (Fsp3) is 0.750. The Kier molecular flexibility index (Phi) is 4.85. The molecule has 1 atom stereocenters. The van der Waals surface area contributed by atoms with Crippen molar-refractivity contribution in [3.8, 4) is 0 Å².